The number of imidazole rings is 1. The molecule has 0 aliphatic carbocycles. The zero-order valence-electron chi connectivity index (χ0n) is 17.5. The van der Waals surface area contributed by atoms with E-state index >= 15 is 0 Å². The van der Waals surface area contributed by atoms with Crippen molar-refractivity contribution in [1.29, 1.82) is 0 Å². The number of hydrogen-bond acceptors (Lipinski definition) is 8. The summed E-state index contributed by atoms with van der Waals surface area (Å²) in [5.74, 6) is 2.28. The van der Waals surface area contributed by atoms with Crippen molar-refractivity contribution < 1.29 is 9.26 Å². The zero-order valence-corrected chi connectivity index (χ0v) is 18.3. The average Bonchev–Trinajstić information content (AvgIpc) is 3.52. The van der Waals surface area contributed by atoms with E-state index in [1.807, 2.05) is 45.5 Å². The molecule has 0 fully saturated rings. The molecule has 33 heavy (non-hydrogen) atoms. The summed E-state index contributed by atoms with van der Waals surface area (Å²) in [7, 11) is 0. The van der Waals surface area contributed by atoms with Crippen molar-refractivity contribution in [3.63, 3.8) is 0 Å². The molecule has 0 atom stereocenters. The van der Waals surface area contributed by atoms with Crippen LogP contribution in [0.2, 0.25) is 5.02 Å². The van der Waals surface area contributed by atoms with Crippen LogP contribution in [0.4, 0.5) is 0 Å². The molecule has 164 valence electrons. The molecule has 1 aliphatic heterocycles. The molecular formula is C22H17ClN8O2. The van der Waals surface area contributed by atoms with E-state index in [1.54, 1.807) is 19.4 Å². The first-order valence-electron chi connectivity index (χ1n) is 10.2. The Morgan fingerprint density at radius 3 is 2.88 bits per heavy atom. The summed E-state index contributed by atoms with van der Waals surface area (Å²) < 4.78 is 15.1. The first kappa shape index (κ1) is 19.8. The van der Waals surface area contributed by atoms with E-state index in [0.29, 0.717) is 47.2 Å². The number of pyridine rings is 1. The van der Waals surface area contributed by atoms with E-state index in [1.165, 1.54) is 0 Å². The van der Waals surface area contributed by atoms with E-state index in [4.69, 9.17) is 20.9 Å². The molecule has 0 saturated heterocycles. The molecule has 5 heterocycles. The van der Waals surface area contributed by atoms with Crippen molar-refractivity contribution >= 4 is 11.6 Å². The molecule has 5 aromatic rings. The number of nitrogens with zero attached hydrogens (tertiary/aromatic N) is 8. The maximum absolute atomic E-state index is 6.34. The van der Waals surface area contributed by atoms with Crippen LogP contribution in [-0.2, 0) is 24.5 Å². The Hall–Kier alpha value is -3.89. The summed E-state index contributed by atoms with van der Waals surface area (Å²) in [6, 6.07) is 11.4. The lowest BCUT2D eigenvalue weighted by Crippen LogP contribution is -2.10. The quantitative estimate of drug-likeness (QED) is 0.383. The van der Waals surface area contributed by atoms with Gasteiger partial charge in [-0.25, -0.2) is 4.98 Å². The lowest BCUT2D eigenvalue weighted by Gasteiger charge is -2.09. The van der Waals surface area contributed by atoms with Gasteiger partial charge < -0.3 is 13.8 Å². The molecule has 4 aromatic heterocycles. The molecule has 0 bridgehead atoms. The molecule has 0 radical (unpaired) electrons. The predicted molar refractivity (Wildman–Crippen MR) is 117 cm³/mol. The third-order valence-corrected chi connectivity index (χ3v) is 5.64. The van der Waals surface area contributed by atoms with E-state index in [2.05, 4.69) is 30.3 Å². The fraction of sp³-hybridized carbons (Fsp3) is 0.182. The second-order valence-corrected chi connectivity index (χ2v) is 7.98. The first-order chi connectivity index (χ1) is 16.2. The standard InChI is InChI=1S/C22H17ClN8O2/c1-13-26-21(29-33-13)20-18-9-30-19(11-32-10-15-4-2-3-7-24-15)27-28-22(30)16-8-14(23)5-6-17(16)31(18)12-25-20/h2-8,12H,9-11H2,1H3. The molecule has 1 aliphatic rings. The van der Waals surface area contributed by atoms with Crippen molar-refractivity contribution in [3.05, 3.63) is 77.0 Å². The van der Waals surface area contributed by atoms with Crippen molar-refractivity contribution in [2.75, 3.05) is 0 Å². The lowest BCUT2D eigenvalue weighted by atomic mass is 10.1. The van der Waals surface area contributed by atoms with Crippen LogP contribution in [0, 0.1) is 6.92 Å². The molecule has 0 amide bonds. The topological polar surface area (TPSA) is 110 Å². The van der Waals surface area contributed by atoms with E-state index in [0.717, 1.165) is 22.6 Å². The fourth-order valence-corrected chi connectivity index (χ4v) is 4.07. The summed E-state index contributed by atoms with van der Waals surface area (Å²) in [5.41, 5.74) is 4.09. The average molecular weight is 461 g/mol. The largest absolute Gasteiger partial charge is 0.367 e. The van der Waals surface area contributed by atoms with Crippen LogP contribution >= 0.6 is 11.6 Å². The molecule has 6 rings (SSSR count). The number of ether oxygens (including phenoxy) is 1. The summed E-state index contributed by atoms with van der Waals surface area (Å²) in [6.07, 6.45) is 3.49. The van der Waals surface area contributed by atoms with E-state index in [9.17, 15) is 0 Å². The molecule has 0 N–H and O–H groups in total. The highest BCUT2D eigenvalue weighted by atomic mass is 35.5. The van der Waals surface area contributed by atoms with Gasteiger partial charge in [0.05, 0.1) is 30.2 Å². The van der Waals surface area contributed by atoms with Crippen LogP contribution in [-0.4, -0.2) is 39.4 Å². The minimum Gasteiger partial charge on any atom is -0.367 e. The molecule has 11 heteroatoms. The smallest absolute Gasteiger partial charge is 0.223 e. The summed E-state index contributed by atoms with van der Waals surface area (Å²) in [5, 5.41) is 13.5. The van der Waals surface area contributed by atoms with E-state index in [-0.39, 0.29) is 6.61 Å². The van der Waals surface area contributed by atoms with Gasteiger partial charge in [-0.15, -0.1) is 10.2 Å². The summed E-state index contributed by atoms with van der Waals surface area (Å²) >= 11 is 6.34. The Bertz CT molecular complexity index is 1460. The van der Waals surface area contributed by atoms with Crippen LogP contribution in [0.1, 0.15) is 23.1 Å². The Labute approximate surface area is 192 Å². The van der Waals surface area contributed by atoms with Crippen LogP contribution in [0.25, 0.3) is 28.6 Å². The fourth-order valence-electron chi connectivity index (χ4n) is 3.90. The van der Waals surface area contributed by atoms with Crippen LogP contribution in [0.3, 0.4) is 0 Å². The Morgan fingerprint density at radius 2 is 2.06 bits per heavy atom. The number of benzene rings is 1. The lowest BCUT2D eigenvalue weighted by molar-refractivity contribution is 0.0969. The van der Waals surface area contributed by atoms with Crippen LogP contribution in [0.5, 0.6) is 0 Å². The minimum absolute atomic E-state index is 0.268. The van der Waals surface area contributed by atoms with Crippen LogP contribution < -0.4 is 0 Å². The van der Waals surface area contributed by atoms with E-state index < -0.39 is 0 Å². The Kier molecular flexibility index (Phi) is 4.74. The first-order valence-corrected chi connectivity index (χ1v) is 10.6. The molecule has 0 spiro atoms. The van der Waals surface area contributed by atoms with Gasteiger partial charge in [0.2, 0.25) is 11.7 Å². The number of aryl methyl sites for hydroxylation is 1. The third-order valence-electron chi connectivity index (χ3n) is 5.41. The predicted octanol–water partition coefficient (Wildman–Crippen LogP) is 3.62. The highest BCUT2D eigenvalue weighted by molar-refractivity contribution is 6.31. The van der Waals surface area contributed by atoms with Gasteiger partial charge in [0.15, 0.2) is 11.6 Å². The van der Waals surface area contributed by atoms with Crippen molar-refractivity contribution in [1.82, 2.24) is 39.4 Å². The summed E-state index contributed by atoms with van der Waals surface area (Å²) in [6.45, 7) is 2.83. The van der Waals surface area contributed by atoms with Gasteiger partial charge in [0.25, 0.3) is 0 Å². The van der Waals surface area contributed by atoms with Crippen molar-refractivity contribution in [2.24, 2.45) is 0 Å². The minimum atomic E-state index is 0.268. The van der Waals surface area contributed by atoms with Crippen LogP contribution in [0.15, 0.2) is 53.4 Å². The number of aromatic nitrogens is 8. The normalized spacial score (nSPS) is 12.2. The molecule has 10 nitrogen and oxygen atoms in total. The Balaban J connectivity index is 1.42. The van der Waals surface area contributed by atoms with Gasteiger partial charge in [-0.1, -0.05) is 22.8 Å². The SMILES string of the molecule is Cc1nc(-c2ncn3c2Cn2c(COCc4ccccn4)nnc2-c2cc(Cl)ccc2-3)no1. The van der Waals surface area contributed by atoms with Gasteiger partial charge in [-0.05, 0) is 30.3 Å². The van der Waals surface area contributed by atoms with Crippen molar-refractivity contribution in [2.45, 2.75) is 26.7 Å². The molecular weight excluding hydrogens is 444 g/mol. The zero-order chi connectivity index (χ0) is 22.4. The molecule has 0 unspecified atom stereocenters. The van der Waals surface area contributed by atoms with Gasteiger partial charge in [0.1, 0.15) is 18.6 Å². The summed E-state index contributed by atoms with van der Waals surface area (Å²) in [4.78, 5) is 13.2. The highest BCUT2D eigenvalue weighted by Gasteiger charge is 2.28. The van der Waals surface area contributed by atoms with Crippen molar-refractivity contribution in [3.8, 4) is 28.6 Å². The second kappa shape index (κ2) is 7.91. The second-order valence-electron chi connectivity index (χ2n) is 7.55. The maximum atomic E-state index is 6.34. The highest BCUT2D eigenvalue weighted by Crippen LogP contribution is 2.35. The van der Waals surface area contributed by atoms with Gasteiger partial charge in [0, 0.05) is 23.7 Å². The van der Waals surface area contributed by atoms with Gasteiger partial charge >= 0.3 is 0 Å². The van der Waals surface area contributed by atoms with Gasteiger partial charge in [-0.3, -0.25) is 9.55 Å². The van der Waals surface area contributed by atoms with Gasteiger partial charge in [-0.2, -0.15) is 4.98 Å². The third kappa shape index (κ3) is 3.49. The number of hydrogen-bond donors (Lipinski definition) is 0. The molecule has 0 saturated carbocycles. The Morgan fingerprint density at radius 1 is 1.12 bits per heavy atom. The number of fused-ring (bicyclic) bond motifs is 5. The monoisotopic (exact) mass is 460 g/mol. The number of rotatable bonds is 5. The maximum Gasteiger partial charge on any atom is 0.223 e. The molecule has 1 aromatic carbocycles. The number of halogens is 1.